The largest absolute Gasteiger partial charge is 0.228 e. The summed E-state index contributed by atoms with van der Waals surface area (Å²) in [5.41, 5.74) is 16.7. The summed E-state index contributed by atoms with van der Waals surface area (Å²) in [5, 5.41) is 0. The van der Waals surface area contributed by atoms with Crippen LogP contribution in [0.25, 0.3) is 89.5 Å². The highest BCUT2D eigenvalue weighted by Crippen LogP contribution is 2.41. The number of hydrogen-bond donors (Lipinski definition) is 0. The van der Waals surface area contributed by atoms with Gasteiger partial charge in [-0.25, -0.2) is 9.97 Å². The third-order valence-electron chi connectivity index (χ3n) is 9.92. The van der Waals surface area contributed by atoms with E-state index >= 15 is 0 Å². The van der Waals surface area contributed by atoms with Crippen LogP contribution in [0.4, 0.5) is 0 Å². The molecule has 0 saturated heterocycles. The highest BCUT2D eigenvalue weighted by atomic mass is 14.9. The standard InChI is InChI=1S/C52H36N2/c1-5-17-37(18-6-1)46-29-13-14-30-48(46)49-35-44(31-32-47(49)38-19-7-2-8-20-38)42-26-15-25-41(33-42)43-27-16-28-45(34-43)51-36-50(39-21-9-3-10-22-39)53-52(54-51)40-23-11-4-12-24-40/h1-36H. The SMILES string of the molecule is c1ccc(-c2cc(-c3cccc(-c4cccc(-c5ccc(-c6ccccc6)c(-c6ccccc6-c6ccccc6)c5)c4)c3)nc(-c3ccccc3)n2)cc1. The average molecular weight is 689 g/mol. The molecule has 254 valence electrons. The first-order valence-electron chi connectivity index (χ1n) is 18.3. The Morgan fingerprint density at radius 2 is 0.593 bits per heavy atom. The maximum Gasteiger partial charge on any atom is 0.160 e. The fourth-order valence-corrected chi connectivity index (χ4v) is 7.21. The van der Waals surface area contributed by atoms with Gasteiger partial charge < -0.3 is 0 Å². The van der Waals surface area contributed by atoms with Crippen molar-refractivity contribution in [3.63, 3.8) is 0 Å². The minimum absolute atomic E-state index is 0.711. The predicted molar refractivity (Wildman–Crippen MR) is 226 cm³/mol. The molecule has 0 amide bonds. The van der Waals surface area contributed by atoms with Gasteiger partial charge in [-0.05, 0) is 79.9 Å². The first kappa shape index (κ1) is 32.7. The molecule has 0 aliphatic heterocycles. The molecule has 0 aliphatic carbocycles. The van der Waals surface area contributed by atoms with Crippen LogP contribution in [0.15, 0.2) is 218 Å². The van der Waals surface area contributed by atoms with Gasteiger partial charge in [0.25, 0.3) is 0 Å². The van der Waals surface area contributed by atoms with E-state index < -0.39 is 0 Å². The van der Waals surface area contributed by atoms with Crippen LogP contribution in [0.2, 0.25) is 0 Å². The van der Waals surface area contributed by atoms with Crippen molar-refractivity contribution in [3.05, 3.63) is 218 Å². The quantitative estimate of drug-likeness (QED) is 0.159. The van der Waals surface area contributed by atoms with Crippen molar-refractivity contribution in [2.45, 2.75) is 0 Å². The summed E-state index contributed by atoms with van der Waals surface area (Å²) in [7, 11) is 0. The van der Waals surface area contributed by atoms with Gasteiger partial charge in [-0.1, -0.05) is 194 Å². The van der Waals surface area contributed by atoms with Crippen molar-refractivity contribution in [3.8, 4) is 89.5 Å². The molecule has 0 saturated carbocycles. The maximum absolute atomic E-state index is 5.09. The third kappa shape index (κ3) is 6.77. The van der Waals surface area contributed by atoms with Crippen LogP contribution in [0.5, 0.6) is 0 Å². The Morgan fingerprint density at radius 3 is 1.17 bits per heavy atom. The monoisotopic (exact) mass is 688 g/mol. The normalized spacial score (nSPS) is 11.0. The van der Waals surface area contributed by atoms with Crippen LogP contribution < -0.4 is 0 Å². The molecule has 0 atom stereocenters. The molecule has 0 radical (unpaired) electrons. The first-order valence-corrected chi connectivity index (χ1v) is 18.3. The lowest BCUT2D eigenvalue weighted by Gasteiger charge is -2.17. The van der Waals surface area contributed by atoms with Gasteiger partial charge in [0.1, 0.15) is 0 Å². The summed E-state index contributed by atoms with van der Waals surface area (Å²) in [6.07, 6.45) is 0. The second-order valence-corrected chi connectivity index (χ2v) is 13.4. The van der Waals surface area contributed by atoms with E-state index in [1.54, 1.807) is 0 Å². The first-order chi connectivity index (χ1) is 26.8. The van der Waals surface area contributed by atoms with Gasteiger partial charge in [0.05, 0.1) is 11.4 Å². The molecule has 9 aromatic rings. The molecular formula is C52H36N2. The Balaban J connectivity index is 1.13. The lowest BCUT2D eigenvalue weighted by Crippen LogP contribution is -1.96. The van der Waals surface area contributed by atoms with Crippen molar-refractivity contribution in [1.29, 1.82) is 0 Å². The number of aromatic nitrogens is 2. The van der Waals surface area contributed by atoms with Crippen LogP contribution in [0.1, 0.15) is 0 Å². The molecular weight excluding hydrogens is 653 g/mol. The van der Waals surface area contributed by atoms with Gasteiger partial charge in [0.15, 0.2) is 5.82 Å². The fraction of sp³-hybridized carbons (Fsp3) is 0. The molecule has 2 heteroatoms. The van der Waals surface area contributed by atoms with Crippen molar-refractivity contribution in [2.24, 2.45) is 0 Å². The Labute approximate surface area is 316 Å². The Hall–Kier alpha value is -7.16. The van der Waals surface area contributed by atoms with Crippen molar-refractivity contribution < 1.29 is 0 Å². The van der Waals surface area contributed by atoms with E-state index in [2.05, 4.69) is 182 Å². The summed E-state index contributed by atoms with van der Waals surface area (Å²) >= 11 is 0. The van der Waals surface area contributed by atoms with Gasteiger partial charge in [-0.15, -0.1) is 0 Å². The molecule has 0 N–H and O–H groups in total. The summed E-state index contributed by atoms with van der Waals surface area (Å²) in [6, 6.07) is 77.1. The highest BCUT2D eigenvalue weighted by molar-refractivity contribution is 5.94. The number of nitrogens with zero attached hydrogens (tertiary/aromatic N) is 2. The van der Waals surface area contributed by atoms with Crippen LogP contribution in [-0.2, 0) is 0 Å². The molecule has 0 aliphatic rings. The van der Waals surface area contributed by atoms with E-state index in [1.165, 1.54) is 38.9 Å². The lowest BCUT2D eigenvalue weighted by atomic mass is 9.87. The Bertz CT molecular complexity index is 2630. The minimum atomic E-state index is 0.711. The van der Waals surface area contributed by atoms with E-state index in [1.807, 2.05) is 36.4 Å². The van der Waals surface area contributed by atoms with E-state index in [-0.39, 0.29) is 0 Å². The number of hydrogen-bond acceptors (Lipinski definition) is 2. The summed E-state index contributed by atoms with van der Waals surface area (Å²) in [5.74, 6) is 0.711. The van der Waals surface area contributed by atoms with Crippen LogP contribution in [0, 0.1) is 0 Å². The molecule has 0 unspecified atom stereocenters. The third-order valence-corrected chi connectivity index (χ3v) is 9.92. The molecule has 54 heavy (non-hydrogen) atoms. The Morgan fingerprint density at radius 1 is 0.204 bits per heavy atom. The predicted octanol–water partition coefficient (Wildman–Crippen LogP) is 13.8. The topological polar surface area (TPSA) is 25.8 Å². The molecule has 0 fully saturated rings. The molecule has 1 aromatic heterocycles. The number of rotatable bonds is 8. The van der Waals surface area contributed by atoms with Crippen LogP contribution in [-0.4, -0.2) is 9.97 Å². The van der Waals surface area contributed by atoms with Gasteiger partial charge in [-0.2, -0.15) is 0 Å². The molecule has 0 bridgehead atoms. The summed E-state index contributed by atoms with van der Waals surface area (Å²) < 4.78 is 0. The number of benzene rings is 8. The van der Waals surface area contributed by atoms with E-state index in [0.29, 0.717) is 5.82 Å². The van der Waals surface area contributed by atoms with Gasteiger partial charge >= 0.3 is 0 Å². The lowest BCUT2D eigenvalue weighted by molar-refractivity contribution is 1.18. The van der Waals surface area contributed by atoms with Crippen LogP contribution >= 0.6 is 0 Å². The van der Waals surface area contributed by atoms with E-state index in [4.69, 9.17) is 9.97 Å². The van der Waals surface area contributed by atoms with E-state index in [0.717, 1.165) is 44.8 Å². The van der Waals surface area contributed by atoms with Gasteiger partial charge in [-0.3, -0.25) is 0 Å². The smallest absolute Gasteiger partial charge is 0.160 e. The highest BCUT2D eigenvalue weighted by Gasteiger charge is 2.15. The average Bonchev–Trinajstić information content (AvgIpc) is 3.27. The summed E-state index contributed by atoms with van der Waals surface area (Å²) in [4.78, 5) is 10.1. The fourth-order valence-electron chi connectivity index (χ4n) is 7.21. The van der Waals surface area contributed by atoms with Gasteiger partial charge in [0.2, 0.25) is 0 Å². The maximum atomic E-state index is 5.09. The second-order valence-electron chi connectivity index (χ2n) is 13.4. The van der Waals surface area contributed by atoms with Crippen molar-refractivity contribution in [1.82, 2.24) is 9.97 Å². The minimum Gasteiger partial charge on any atom is -0.228 e. The van der Waals surface area contributed by atoms with Crippen molar-refractivity contribution >= 4 is 0 Å². The van der Waals surface area contributed by atoms with Crippen molar-refractivity contribution in [2.75, 3.05) is 0 Å². The van der Waals surface area contributed by atoms with Gasteiger partial charge in [0, 0.05) is 16.7 Å². The van der Waals surface area contributed by atoms with E-state index in [9.17, 15) is 0 Å². The molecule has 0 spiro atoms. The zero-order valence-corrected chi connectivity index (χ0v) is 29.7. The molecule has 1 heterocycles. The molecule has 9 rings (SSSR count). The zero-order valence-electron chi connectivity index (χ0n) is 29.7. The zero-order chi connectivity index (χ0) is 36.1. The van der Waals surface area contributed by atoms with Crippen LogP contribution in [0.3, 0.4) is 0 Å². The molecule has 2 nitrogen and oxygen atoms in total. The second kappa shape index (κ2) is 14.8. The Kier molecular flexibility index (Phi) is 8.99. The molecule has 8 aromatic carbocycles. The summed E-state index contributed by atoms with van der Waals surface area (Å²) in [6.45, 7) is 0.